The van der Waals surface area contributed by atoms with Gasteiger partial charge in [-0.1, -0.05) is 6.92 Å². The van der Waals surface area contributed by atoms with Gasteiger partial charge in [0.2, 0.25) is 5.91 Å². The number of rotatable bonds is 8. The van der Waals surface area contributed by atoms with E-state index in [9.17, 15) is 9.59 Å². The first-order valence-corrected chi connectivity index (χ1v) is 10.1. The number of H-pyrrole nitrogens is 1. The first kappa shape index (κ1) is 20.4. The highest BCUT2D eigenvalue weighted by Gasteiger charge is 2.31. The molecule has 3 N–H and O–H groups in total. The standard InChI is InChI=1S/C18H24N5O4.Al/c1-2-5-20-18(25)26-10-12-3-4-13(6-12)15-8-16(23-22-15)21-17(24)7-14-9-19-11-27-14;/h8-13H,2-7H2,1H3,(H,20,25)(H2,21,22,23,24);/t12?,13-;/m0./s1. The van der Waals surface area contributed by atoms with E-state index in [2.05, 4.69) is 42.1 Å². The summed E-state index contributed by atoms with van der Waals surface area (Å²) in [6.45, 7) is 2.61. The first-order chi connectivity index (χ1) is 13.5. The second kappa shape index (κ2) is 9.76. The molecule has 0 aliphatic heterocycles. The molecule has 2 unspecified atom stereocenters. The van der Waals surface area contributed by atoms with E-state index >= 15 is 0 Å². The van der Waals surface area contributed by atoms with Gasteiger partial charge in [-0.3, -0.25) is 9.89 Å². The summed E-state index contributed by atoms with van der Waals surface area (Å²) in [7, 11) is 0. The van der Waals surface area contributed by atoms with Gasteiger partial charge in [0.15, 0.2) is 28.5 Å². The van der Waals surface area contributed by atoms with Gasteiger partial charge < -0.3 is 19.8 Å². The lowest BCUT2D eigenvalue weighted by atomic mass is 10.0. The minimum absolute atomic E-state index is 0.111. The largest absolute Gasteiger partial charge is 0.465 e. The van der Waals surface area contributed by atoms with Crippen molar-refractivity contribution in [3.63, 3.8) is 0 Å². The van der Waals surface area contributed by atoms with E-state index in [0.717, 1.165) is 31.4 Å². The molecule has 1 aliphatic carbocycles. The summed E-state index contributed by atoms with van der Waals surface area (Å²) in [5.74, 6) is 1.34. The topological polar surface area (TPSA) is 122 Å². The number of carbonyl (C=O) groups is 2. The maximum atomic E-state index is 12.0. The van der Waals surface area contributed by atoms with E-state index in [0.29, 0.717) is 24.0 Å². The number of hydrogen-bond donors (Lipinski definition) is 3. The molecule has 148 valence electrons. The average Bonchev–Trinajstić information content (AvgIpc) is 3.41. The van der Waals surface area contributed by atoms with Crippen molar-refractivity contribution in [3.8, 4) is 0 Å². The molecule has 0 aromatic carbocycles. The molecule has 10 heteroatoms. The number of nitrogens with zero attached hydrogens (tertiary/aromatic N) is 2. The molecule has 3 atom stereocenters. The molecular weight excluding hydrogens is 377 g/mol. The lowest BCUT2D eigenvalue weighted by molar-refractivity contribution is -0.115. The van der Waals surface area contributed by atoms with Crippen LogP contribution in [0.15, 0.2) is 23.1 Å². The van der Waals surface area contributed by atoms with Crippen molar-refractivity contribution in [1.82, 2.24) is 20.5 Å². The Bertz CT molecular complexity index is 779. The van der Waals surface area contributed by atoms with Crippen LogP contribution in [-0.4, -0.2) is 55.0 Å². The monoisotopic (exact) mass is 401 g/mol. The molecule has 2 radical (unpaired) electrons. The number of oxazole rings is 1. The second-order valence-corrected chi connectivity index (χ2v) is 7.63. The molecule has 1 saturated carbocycles. The number of nitrogens with one attached hydrogen (secondary N) is 3. The average molecular weight is 401 g/mol. The van der Waals surface area contributed by atoms with Crippen LogP contribution < -0.4 is 10.6 Å². The summed E-state index contributed by atoms with van der Waals surface area (Å²) in [5, 5.41) is 12.7. The van der Waals surface area contributed by atoms with Gasteiger partial charge >= 0.3 is 6.09 Å². The van der Waals surface area contributed by atoms with Crippen LogP contribution in [-0.2, 0) is 16.0 Å². The normalized spacial score (nSPS) is 19.9. The highest BCUT2D eigenvalue weighted by molar-refractivity contribution is 6.11. The predicted octanol–water partition coefficient (Wildman–Crippen LogP) is 2.09. The van der Waals surface area contributed by atoms with Crippen molar-refractivity contribution in [3.05, 3.63) is 30.1 Å². The van der Waals surface area contributed by atoms with Crippen molar-refractivity contribution in [2.45, 2.75) is 49.9 Å². The Morgan fingerprint density at radius 1 is 1.46 bits per heavy atom. The fourth-order valence-electron chi connectivity index (χ4n) is 3.37. The molecule has 1 fully saturated rings. The van der Waals surface area contributed by atoms with Crippen molar-refractivity contribution >= 4 is 34.1 Å². The Morgan fingerprint density at radius 3 is 3.07 bits per heavy atom. The summed E-state index contributed by atoms with van der Waals surface area (Å²) in [4.78, 5) is 27.3. The Labute approximate surface area is 171 Å². The third-order valence-corrected chi connectivity index (χ3v) is 5.50. The van der Waals surface area contributed by atoms with Gasteiger partial charge in [0, 0.05) is 29.2 Å². The van der Waals surface area contributed by atoms with E-state index in [-0.39, 0.29) is 29.3 Å². The van der Waals surface area contributed by atoms with Crippen molar-refractivity contribution in [2.24, 2.45) is 5.92 Å². The van der Waals surface area contributed by atoms with E-state index in [4.69, 9.17) is 9.15 Å². The summed E-state index contributed by atoms with van der Waals surface area (Å²) < 4.78 is 10.5. The number of alkyl carbamates (subject to hydrolysis) is 1. The molecule has 0 bridgehead atoms. The van der Waals surface area contributed by atoms with Crippen LogP contribution in [0.3, 0.4) is 0 Å². The van der Waals surface area contributed by atoms with Gasteiger partial charge in [0.25, 0.3) is 0 Å². The van der Waals surface area contributed by atoms with Gasteiger partial charge in [-0.05, 0) is 31.6 Å². The number of carbonyl (C=O) groups excluding carboxylic acids is 2. The van der Waals surface area contributed by atoms with Crippen molar-refractivity contribution < 1.29 is 18.7 Å². The van der Waals surface area contributed by atoms with Crippen LogP contribution in [0, 0.1) is 5.92 Å². The quantitative estimate of drug-likeness (QED) is 0.582. The van der Waals surface area contributed by atoms with E-state index in [1.165, 1.54) is 12.6 Å². The highest BCUT2D eigenvalue weighted by Crippen LogP contribution is 2.39. The highest BCUT2D eigenvalue weighted by atomic mass is 27.0. The number of ether oxygens (including phenoxy) is 1. The number of amides is 2. The number of anilines is 1. The van der Waals surface area contributed by atoms with Gasteiger partial charge in [-0.15, -0.1) is 0 Å². The molecule has 0 saturated heterocycles. The third-order valence-electron chi connectivity index (χ3n) is 4.82. The number of hydrogen-bond acceptors (Lipinski definition) is 6. The Hall–Kier alpha value is -2.31. The first-order valence-electron chi connectivity index (χ1n) is 9.47. The molecule has 0 spiro atoms. The minimum Gasteiger partial charge on any atom is -0.465 e. The number of aromatic amines is 1. The van der Waals surface area contributed by atoms with Gasteiger partial charge in [-0.2, -0.15) is 5.10 Å². The van der Waals surface area contributed by atoms with E-state index in [1.54, 1.807) is 0 Å². The van der Waals surface area contributed by atoms with Crippen molar-refractivity contribution in [1.29, 1.82) is 0 Å². The SMILES string of the molecule is CCCNC(=O)O[CH]([Al])C1CC[C@H](c2cc(NC(=O)Cc3cnco3)n[nH]2)C1. The molecule has 2 aromatic rings. The maximum Gasteiger partial charge on any atom is 0.405 e. The van der Waals surface area contributed by atoms with Crippen LogP contribution in [0.5, 0.6) is 0 Å². The zero-order valence-corrected chi connectivity index (χ0v) is 17.0. The van der Waals surface area contributed by atoms with Crippen molar-refractivity contribution in [2.75, 3.05) is 11.9 Å². The Balaban J connectivity index is 1.47. The molecule has 1 aliphatic rings. The minimum atomic E-state index is -0.372. The smallest absolute Gasteiger partial charge is 0.405 e. The molecule has 2 heterocycles. The van der Waals surface area contributed by atoms with Crippen LogP contribution in [0.25, 0.3) is 0 Å². The summed E-state index contributed by atoms with van der Waals surface area (Å²) in [6.07, 6.45) is 6.25. The predicted molar refractivity (Wildman–Crippen MR) is 102 cm³/mol. The fraction of sp³-hybridized carbons (Fsp3) is 0.556. The van der Waals surface area contributed by atoms with Gasteiger partial charge in [-0.25, -0.2) is 9.78 Å². The molecule has 3 rings (SSSR count). The fourth-order valence-corrected chi connectivity index (χ4v) is 3.84. The Kier molecular flexibility index (Phi) is 7.12. The summed E-state index contributed by atoms with van der Waals surface area (Å²) in [6, 6.07) is 1.86. The zero-order chi connectivity index (χ0) is 19.9. The molecule has 2 amide bonds. The third kappa shape index (κ3) is 5.60. The maximum absolute atomic E-state index is 12.0. The molecule has 28 heavy (non-hydrogen) atoms. The molecule has 9 nitrogen and oxygen atoms in total. The molecule has 2 aromatic heterocycles. The van der Waals surface area contributed by atoms with Crippen LogP contribution >= 0.6 is 0 Å². The van der Waals surface area contributed by atoms with Crippen LogP contribution in [0.1, 0.15) is 50.0 Å². The summed E-state index contributed by atoms with van der Waals surface area (Å²) in [5.41, 5.74) is 0.977. The Morgan fingerprint density at radius 2 is 2.32 bits per heavy atom. The second-order valence-electron chi connectivity index (χ2n) is 6.97. The zero-order valence-electron chi connectivity index (χ0n) is 15.8. The lowest BCUT2D eigenvalue weighted by Crippen LogP contribution is -2.33. The number of aromatic nitrogens is 3. The van der Waals surface area contributed by atoms with Crippen LogP contribution in [0.2, 0.25) is 0 Å². The van der Waals surface area contributed by atoms with Gasteiger partial charge in [0.1, 0.15) is 5.76 Å². The summed E-state index contributed by atoms with van der Waals surface area (Å²) >= 11 is 2.63. The van der Waals surface area contributed by atoms with Crippen LogP contribution in [0.4, 0.5) is 10.6 Å². The van der Waals surface area contributed by atoms with E-state index < -0.39 is 0 Å². The van der Waals surface area contributed by atoms with E-state index in [1.807, 2.05) is 13.0 Å². The lowest BCUT2D eigenvalue weighted by Gasteiger charge is -2.21. The molecular formula is C18H24AlN5O4. The van der Waals surface area contributed by atoms with Gasteiger partial charge in [0.05, 0.1) is 12.6 Å².